The van der Waals surface area contributed by atoms with Gasteiger partial charge in [0.25, 0.3) is 5.91 Å². The molecule has 0 spiro atoms. The summed E-state index contributed by atoms with van der Waals surface area (Å²) in [6, 6.07) is 6.80. The average molecular weight is 396 g/mol. The van der Waals surface area contributed by atoms with Crippen molar-refractivity contribution < 1.29 is 14.7 Å². The van der Waals surface area contributed by atoms with Crippen molar-refractivity contribution in [2.75, 3.05) is 6.54 Å². The molecule has 1 saturated heterocycles. The van der Waals surface area contributed by atoms with Crippen molar-refractivity contribution in [3.8, 4) is 5.69 Å². The van der Waals surface area contributed by atoms with Crippen LogP contribution in [-0.2, 0) is 4.79 Å². The summed E-state index contributed by atoms with van der Waals surface area (Å²) in [5.74, 6) is -1.66. The molecule has 1 aliphatic rings. The van der Waals surface area contributed by atoms with Crippen molar-refractivity contribution >= 4 is 35.1 Å². The molecule has 1 aromatic carbocycles. The number of amides is 1. The molecule has 2 unspecified atom stereocenters. The zero-order valence-electron chi connectivity index (χ0n) is 14.4. The summed E-state index contributed by atoms with van der Waals surface area (Å²) >= 11 is 12.0. The smallest absolute Gasteiger partial charge is 0.308 e. The summed E-state index contributed by atoms with van der Waals surface area (Å²) in [4.78, 5) is 25.8. The molecule has 1 fully saturated rings. The van der Waals surface area contributed by atoms with Gasteiger partial charge in [-0.25, -0.2) is 4.68 Å². The molecule has 0 aliphatic carbocycles. The molecule has 138 valence electrons. The topological polar surface area (TPSA) is 75.4 Å². The van der Waals surface area contributed by atoms with Crippen LogP contribution in [0.3, 0.4) is 0 Å². The minimum absolute atomic E-state index is 0.0199. The Morgan fingerprint density at radius 2 is 1.92 bits per heavy atom. The van der Waals surface area contributed by atoms with Gasteiger partial charge in [0.1, 0.15) is 0 Å². The number of carbonyl (C=O) groups excluding carboxylic acids is 1. The zero-order valence-corrected chi connectivity index (χ0v) is 16.0. The van der Waals surface area contributed by atoms with E-state index in [0.29, 0.717) is 28.6 Å². The van der Waals surface area contributed by atoms with E-state index in [9.17, 15) is 14.7 Å². The number of hydrogen-bond donors (Lipinski definition) is 1. The van der Waals surface area contributed by atoms with Crippen LogP contribution in [0.1, 0.15) is 35.9 Å². The fourth-order valence-corrected chi connectivity index (χ4v) is 3.49. The summed E-state index contributed by atoms with van der Waals surface area (Å²) in [7, 11) is 0. The number of carbonyl (C=O) groups is 2. The van der Waals surface area contributed by atoms with Gasteiger partial charge in [0.15, 0.2) is 5.69 Å². The molecule has 2 atom stereocenters. The second-order valence-corrected chi connectivity index (χ2v) is 7.41. The van der Waals surface area contributed by atoms with E-state index in [-0.39, 0.29) is 24.2 Å². The number of carboxylic acid groups (broad SMARTS) is 1. The number of likely N-dealkylation sites (tertiary alicyclic amines) is 1. The van der Waals surface area contributed by atoms with Gasteiger partial charge in [-0.2, -0.15) is 5.10 Å². The van der Waals surface area contributed by atoms with E-state index in [1.54, 1.807) is 33.8 Å². The summed E-state index contributed by atoms with van der Waals surface area (Å²) in [5.41, 5.74) is 1.75. The van der Waals surface area contributed by atoms with Gasteiger partial charge >= 0.3 is 5.97 Å². The van der Waals surface area contributed by atoms with Crippen LogP contribution >= 0.6 is 23.2 Å². The molecule has 2 heterocycles. The van der Waals surface area contributed by atoms with Crippen LogP contribution in [0.4, 0.5) is 0 Å². The SMILES string of the molecule is Cc1cc(C(=O)N2CC(C(=O)O)CCC2C)nn1-c1ccc(Cl)c(Cl)c1. The largest absolute Gasteiger partial charge is 0.481 e. The fourth-order valence-electron chi connectivity index (χ4n) is 3.20. The second kappa shape index (κ2) is 7.29. The maximum Gasteiger partial charge on any atom is 0.308 e. The van der Waals surface area contributed by atoms with Crippen molar-refractivity contribution in [2.24, 2.45) is 5.92 Å². The lowest BCUT2D eigenvalue weighted by atomic mass is 9.93. The number of aliphatic carboxylic acids is 1. The third-order valence-electron chi connectivity index (χ3n) is 4.75. The first-order valence-electron chi connectivity index (χ1n) is 8.33. The standard InChI is InChI=1S/C18H19Cl2N3O3/c1-10-3-4-12(18(25)26)9-22(10)17(24)16-7-11(2)23(21-16)13-5-6-14(19)15(20)8-13/h5-8,10,12H,3-4,9H2,1-2H3,(H,25,26). The van der Waals surface area contributed by atoms with Crippen molar-refractivity contribution in [1.82, 2.24) is 14.7 Å². The Balaban J connectivity index is 1.88. The van der Waals surface area contributed by atoms with E-state index >= 15 is 0 Å². The van der Waals surface area contributed by atoms with E-state index in [0.717, 1.165) is 5.69 Å². The van der Waals surface area contributed by atoms with E-state index < -0.39 is 11.9 Å². The lowest BCUT2D eigenvalue weighted by Gasteiger charge is -2.36. The molecule has 2 aromatic rings. The monoisotopic (exact) mass is 395 g/mol. The number of rotatable bonds is 3. The number of piperidine rings is 1. The quantitative estimate of drug-likeness (QED) is 0.856. The molecule has 1 amide bonds. The molecule has 0 bridgehead atoms. The normalized spacial score (nSPS) is 20.2. The number of hydrogen-bond acceptors (Lipinski definition) is 3. The van der Waals surface area contributed by atoms with E-state index in [1.165, 1.54) is 0 Å². The fraction of sp³-hybridized carbons (Fsp3) is 0.389. The molecule has 3 rings (SSSR count). The van der Waals surface area contributed by atoms with Gasteiger partial charge < -0.3 is 10.0 Å². The first-order chi connectivity index (χ1) is 12.3. The summed E-state index contributed by atoms with van der Waals surface area (Å²) in [5, 5.41) is 14.5. The van der Waals surface area contributed by atoms with Gasteiger partial charge in [-0.05, 0) is 51.0 Å². The molecule has 26 heavy (non-hydrogen) atoms. The highest BCUT2D eigenvalue weighted by Crippen LogP contribution is 2.26. The number of aryl methyl sites for hydroxylation is 1. The predicted octanol–water partition coefficient (Wildman–Crippen LogP) is 3.81. The molecule has 6 nitrogen and oxygen atoms in total. The average Bonchev–Trinajstić information content (AvgIpc) is 2.98. The Kier molecular flexibility index (Phi) is 5.25. The molecular formula is C18H19Cl2N3O3. The Morgan fingerprint density at radius 1 is 1.19 bits per heavy atom. The van der Waals surface area contributed by atoms with Gasteiger partial charge in [-0.3, -0.25) is 9.59 Å². The summed E-state index contributed by atoms with van der Waals surface area (Å²) < 4.78 is 1.62. The van der Waals surface area contributed by atoms with E-state index in [2.05, 4.69) is 5.10 Å². The third kappa shape index (κ3) is 3.57. The summed E-state index contributed by atoms with van der Waals surface area (Å²) in [6.07, 6.45) is 1.24. The molecule has 1 aromatic heterocycles. The zero-order chi connectivity index (χ0) is 19.0. The Hall–Kier alpha value is -2.05. The van der Waals surface area contributed by atoms with Gasteiger partial charge in [-0.1, -0.05) is 23.2 Å². The van der Waals surface area contributed by atoms with Crippen LogP contribution in [0.15, 0.2) is 24.3 Å². The van der Waals surface area contributed by atoms with Crippen LogP contribution in [0.5, 0.6) is 0 Å². The molecular weight excluding hydrogens is 377 g/mol. The van der Waals surface area contributed by atoms with E-state index in [4.69, 9.17) is 23.2 Å². The van der Waals surface area contributed by atoms with E-state index in [1.807, 2.05) is 13.8 Å². The van der Waals surface area contributed by atoms with Crippen LogP contribution in [0.25, 0.3) is 5.69 Å². The highest BCUT2D eigenvalue weighted by Gasteiger charge is 2.34. The summed E-state index contributed by atoms with van der Waals surface area (Å²) in [6.45, 7) is 3.97. The highest BCUT2D eigenvalue weighted by molar-refractivity contribution is 6.42. The minimum atomic E-state index is -0.868. The van der Waals surface area contributed by atoms with Crippen molar-refractivity contribution in [2.45, 2.75) is 32.7 Å². The molecule has 0 saturated carbocycles. The third-order valence-corrected chi connectivity index (χ3v) is 5.49. The lowest BCUT2D eigenvalue weighted by Crippen LogP contribution is -2.47. The Morgan fingerprint density at radius 3 is 2.58 bits per heavy atom. The van der Waals surface area contributed by atoms with Gasteiger partial charge in [0.2, 0.25) is 0 Å². The van der Waals surface area contributed by atoms with Crippen molar-refractivity contribution in [3.05, 3.63) is 45.7 Å². The number of benzene rings is 1. The Labute approximate surface area is 161 Å². The van der Waals surface area contributed by atoms with Crippen LogP contribution in [0.2, 0.25) is 10.0 Å². The second-order valence-electron chi connectivity index (χ2n) is 6.60. The van der Waals surface area contributed by atoms with Crippen LogP contribution in [0, 0.1) is 12.8 Å². The van der Waals surface area contributed by atoms with Crippen LogP contribution in [-0.4, -0.2) is 44.3 Å². The Bertz CT molecular complexity index is 865. The molecule has 0 radical (unpaired) electrons. The number of aromatic nitrogens is 2. The number of nitrogens with zero attached hydrogens (tertiary/aromatic N) is 3. The van der Waals surface area contributed by atoms with Crippen LogP contribution < -0.4 is 0 Å². The molecule has 1 aliphatic heterocycles. The number of carboxylic acids is 1. The first kappa shape index (κ1) is 18.7. The minimum Gasteiger partial charge on any atom is -0.481 e. The van der Waals surface area contributed by atoms with Gasteiger partial charge in [-0.15, -0.1) is 0 Å². The molecule has 1 N–H and O–H groups in total. The predicted molar refractivity (Wildman–Crippen MR) is 99.2 cm³/mol. The number of halogens is 2. The van der Waals surface area contributed by atoms with Gasteiger partial charge in [0, 0.05) is 18.3 Å². The maximum absolute atomic E-state index is 12.9. The lowest BCUT2D eigenvalue weighted by molar-refractivity contribution is -0.143. The van der Waals surface area contributed by atoms with Gasteiger partial charge in [0.05, 0.1) is 21.7 Å². The maximum atomic E-state index is 12.9. The first-order valence-corrected chi connectivity index (χ1v) is 9.09. The van der Waals surface area contributed by atoms with Crippen molar-refractivity contribution in [3.63, 3.8) is 0 Å². The van der Waals surface area contributed by atoms with Crippen molar-refractivity contribution in [1.29, 1.82) is 0 Å². The highest BCUT2D eigenvalue weighted by atomic mass is 35.5. The molecule has 8 heteroatoms.